The van der Waals surface area contributed by atoms with Crippen LogP contribution < -0.4 is 9.04 Å². The Morgan fingerprint density at radius 2 is 1.83 bits per heavy atom. The number of rotatable bonds is 9. The van der Waals surface area contributed by atoms with Gasteiger partial charge in [-0.15, -0.1) is 0 Å². The van der Waals surface area contributed by atoms with E-state index in [0.717, 1.165) is 22.8 Å². The van der Waals surface area contributed by atoms with Crippen LogP contribution in [0.2, 0.25) is 5.02 Å². The molecule has 0 amide bonds. The van der Waals surface area contributed by atoms with Gasteiger partial charge in [0.15, 0.2) is 0 Å². The first kappa shape index (κ1) is 26.4. The smallest absolute Gasteiger partial charge is 0.328 e. The van der Waals surface area contributed by atoms with Crippen LogP contribution in [0.1, 0.15) is 41.9 Å². The van der Waals surface area contributed by atoms with Gasteiger partial charge in [0.2, 0.25) is 5.09 Å². The molecule has 7 nitrogen and oxygen atoms in total. The van der Waals surface area contributed by atoms with Gasteiger partial charge in [-0.05, 0) is 81.1 Å². The minimum Gasteiger partial charge on any atom is -0.487 e. The number of sulfonamides is 1. The average Bonchev–Trinajstić information content (AvgIpc) is 3.21. The van der Waals surface area contributed by atoms with Crippen LogP contribution in [0.3, 0.4) is 0 Å². The van der Waals surface area contributed by atoms with Crippen LogP contribution in [0, 0.1) is 20.8 Å². The zero-order valence-electron chi connectivity index (χ0n) is 20.2. The molecule has 186 valence electrons. The summed E-state index contributed by atoms with van der Waals surface area (Å²) < 4.78 is 39.8. The van der Waals surface area contributed by atoms with Crippen LogP contribution in [-0.4, -0.2) is 25.5 Å². The van der Waals surface area contributed by atoms with E-state index < -0.39 is 22.0 Å². The summed E-state index contributed by atoms with van der Waals surface area (Å²) >= 11 is 6.38. The molecule has 0 radical (unpaired) electrons. The van der Waals surface area contributed by atoms with Gasteiger partial charge in [0.1, 0.15) is 18.1 Å². The fraction of sp³-hybridized carbons (Fsp3) is 0.269. The Balaban J connectivity index is 1.98. The van der Waals surface area contributed by atoms with Crippen LogP contribution in [0.5, 0.6) is 5.75 Å². The van der Waals surface area contributed by atoms with Crippen molar-refractivity contribution in [1.82, 2.24) is 0 Å². The van der Waals surface area contributed by atoms with Gasteiger partial charge in [-0.1, -0.05) is 29.8 Å². The Kier molecular flexibility index (Phi) is 7.97. The topological polar surface area (TPSA) is 97.0 Å². The predicted octanol–water partition coefficient (Wildman–Crippen LogP) is 6.14. The second-order valence-electron chi connectivity index (χ2n) is 8.47. The van der Waals surface area contributed by atoms with Gasteiger partial charge < -0.3 is 14.3 Å². The van der Waals surface area contributed by atoms with E-state index in [4.69, 9.17) is 25.9 Å². The lowest BCUT2D eigenvalue weighted by Crippen LogP contribution is -2.37. The first-order valence-corrected chi connectivity index (χ1v) is 12.8. The van der Waals surface area contributed by atoms with E-state index in [9.17, 15) is 13.2 Å². The standard InChI is InChI=1S/C26H28ClNO6S/c1-16(2)28(35(31,32)26-11-6-19(5)34-26)23-13-18(4)22(27)14-24(23)33-15-21-9-7-20(12-17(21)3)8-10-25(29)30/h6-14,16H,15H2,1-5H3,(H,29,30)/b10-8+. The van der Waals surface area contributed by atoms with Gasteiger partial charge >= 0.3 is 5.97 Å². The van der Waals surface area contributed by atoms with Gasteiger partial charge in [0, 0.05) is 23.2 Å². The van der Waals surface area contributed by atoms with Crippen molar-refractivity contribution in [3.05, 3.63) is 81.6 Å². The highest BCUT2D eigenvalue weighted by Crippen LogP contribution is 2.39. The number of ether oxygens (including phenoxy) is 1. The number of hydrogen-bond acceptors (Lipinski definition) is 5. The summed E-state index contributed by atoms with van der Waals surface area (Å²) in [6, 6.07) is 11.4. The number of benzene rings is 2. The summed E-state index contributed by atoms with van der Waals surface area (Å²) in [7, 11) is -4.01. The lowest BCUT2D eigenvalue weighted by atomic mass is 10.1. The zero-order valence-corrected chi connectivity index (χ0v) is 21.8. The van der Waals surface area contributed by atoms with E-state index in [2.05, 4.69) is 0 Å². The first-order chi connectivity index (χ1) is 16.4. The van der Waals surface area contributed by atoms with Crippen LogP contribution >= 0.6 is 11.6 Å². The fourth-order valence-electron chi connectivity index (χ4n) is 3.58. The molecule has 1 N–H and O–H groups in total. The minimum atomic E-state index is -4.01. The van der Waals surface area contributed by atoms with Crippen LogP contribution in [-0.2, 0) is 21.4 Å². The number of halogens is 1. The van der Waals surface area contributed by atoms with Crippen molar-refractivity contribution in [2.75, 3.05) is 4.31 Å². The third kappa shape index (κ3) is 6.07. The monoisotopic (exact) mass is 517 g/mol. The van der Waals surface area contributed by atoms with E-state index in [0.29, 0.717) is 27.8 Å². The lowest BCUT2D eigenvalue weighted by molar-refractivity contribution is -0.131. The number of anilines is 1. The molecular formula is C26H28ClNO6S. The first-order valence-electron chi connectivity index (χ1n) is 10.9. The Bertz CT molecular complexity index is 1370. The summed E-state index contributed by atoms with van der Waals surface area (Å²) in [5.41, 5.74) is 3.57. The Morgan fingerprint density at radius 3 is 2.40 bits per heavy atom. The maximum Gasteiger partial charge on any atom is 0.328 e. The van der Waals surface area contributed by atoms with Crippen molar-refractivity contribution in [1.29, 1.82) is 0 Å². The highest BCUT2D eigenvalue weighted by Gasteiger charge is 2.32. The molecule has 3 rings (SSSR count). The third-order valence-corrected chi connectivity index (χ3v) is 7.62. The van der Waals surface area contributed by atoms with Gasteiger partial charge in [-0.3, -0.25) is 4.31 Å². The molecule has 9 heteroatoms. The van der Waals surface area contributed by atoms with E-state index in [1.54, 1.807) is 52.0 Å². The highest BCUT2D eigenvalue weighted by atomic mass is 35.5. The number of nitrogens with zero attached hydrogens (tertiary/aromatic N) is 1. The fourth-order valence-corrected chi connectivity index (χ4v) is 5.36. The Hall–Kier alpha value is -3.23. The van der Waals surface area contributed by atoms with Crippen molar-refractivity contribution in [3.63, 3.8) is 0 Å². The molecule has 0 atom stereocenters. The average molecular weight is 518 g/mol. The predicted molar refractivity (Wildman–Crippen MR) is 137 cm³/mol. The number of furan rings is 1. The number of hydrogen-bond donors (Lipinski definition) is 1. The summed E-state index contributed by atoms with van der Waals surface area (Å²) in [5, 5.41) is 9.12. The molecule has 3 aromatic rings. The van der Waals surface area contributed by atoms with E-state index in [1.807, 2.05) is 19.1 Å². The number of aliphatic carboxylic acids is 1. The van der Waals surface area contributed by atoms with Gasteiger partial charge in [-0.2, -0.15) is 8.42 Å². The number of carbonyl (C=O) groups is 1. The molecule has 35 heavy (non-hydrogen) atoms. The molecule has 0 unspecified atom stereocenters. The highest BCUT2D eigenvalue weighted by molar-refractivity contribution is 7.92. The number of carboxylic acids is 1. The second kappa shape index (κ2) is 10.6. The van der Waals surface area contributed by atoms with Gasteiger partial charge in [0.05, 0.1) is 5.69 Å². The molecule has 0 aliphatic heterocycles. The maximum absolute atomic E-state index is 13.5. The molecule has 1 heterocycles. The number of aryl methyl sites for hydroxylation is 3. The lowest BCUT2D eigenvalue weighted by Gasteiger charge is -2.29. The molecule has 1 aromatic heterocycles. The Morgan fingerprint density at radius 1 is 1.11 bits per heavy atom. The molecule has 0 spiro atoms. The summed E-state index contributed by atoms with van der Waals surface area (Å²) in [5.74, 6) is -0.211. The van der Waals surface area contributed by atoms with E-state index >= 15 is 0 Å². The van der Waals surface area contributed by atoms with Crippen molar-refractivity contribution in [2.24, 2.45) is 0 Å². The minimum absolute atomic E-state index is 0.150. The zero-order chi connectivity index (χ0) is 25.9. The summed E-state index contributed by atoms with van der Waals surface area (Å²) in [4.78, 5) is 10.8. The maximum atomic E-state index is 13.5. The normalized spacial score (nSPS) is 11.9. The van der Waals surface area contributed by atoms with Gasteiger partial charge in [0.25, 0.3) is 10.0 Å². The molecule has 0 aliphatic carbocycles. The quantitative estimate of drug-likeness (QED) is 0.342. The largest absolute Gasteiger partial charge is 0.487 e. The van der Waals surface area contributed by atoms with Crippen molar-refractivity contribution >= 4 is 39.4 Å². The molecule has 0 fully saturated rings. The molecule has 0 bridgehead atoms. The van der Waals surface area contributed by atoms with Crippen molar-refractivity contribution in [3.8, 4) is 5.75 Å². The second-order valence-corrected chi connectivity index (χ2v) is 10.6. The molecular weight excluding hydrogens is 490 g/mol. The molecule has 2 aromatic carbocycles. The van der Waals surface area contributed by atoms with E-state index in [1.165, 1.54) is 16.4 Å². The van der Waals surface area contributed by atoms with Crippen LogP contribution in [0.15, 0.2) is 58.1 Å². The number of carboxylic acid groups (broad SMARTS) is 1. The third-order valence-electron chi connectivity index (χ3n) is 5.34. The van der Waals surface area contributed by atoms with E-state index in [-0.39, 0.29) is 11.7 Å². The van der Waals surface area contributed by atoms with Crippen LogP contribution in [0.4, 0.5) is 5.69 Å². The van der Waals surface area contributed by atoms with Gasteiger partial charge in [-0.25, -0.2) is 4.79 Å². The van der Waals surface area contributed by atoms with Crippen molar-refractivity contribution < 1.29 is 27.5 Å². The SMILES string of the molecule is Cc1ccc(S(=O)(=O)N(c2cc(C)c(Cl)cc2OCc2ccc(/C=C/C(=O)O)cc2C)C(C)C)o1. The van der Waals surface area contributed by atoms with Crippen molar-refractivity contribution in [2.45, 2.75) is 52.4 Å². The molecule has 0 saturated heterocycles. The Labute approximate surface area is 210 Å². The summed E-state index contributed by atoms with van der Waals surface area (Å²) in [6.07, 6.45) is 2.59. The van der Waals surface area contributed by atoms with Crippen LogP contribution in [0.25, 0.3) is 6.08 Å². The molecule has 0 aliphatic rings. The summed E-state index contributed by atoms with van der Waals surface area (Å²) in [6.45, 7) is 9.08. The molecule has 0 saturated carbocycles.